The number of benzene rings is 3. The Morgan fingerprint density at radius 3 is 1.86 bits per heavy atom. The number of carbonyl (C=O) groups excluding carboxylic acids is 1. The Morgan fingerprint density at radius 1 is 0.861 bits per heavy atom. The van der Waals surface area contributed by atoms with Gasteiger partial charge in [0.1, 0.15) is 5.82 Å². The Balaban J connectivity index is 0.000000275. The molecule has 3 aromatic rings. The van der Waals surface area contributed by atoms with Gasteiger partial charge >= 0.3 is 0 Å². The van der Waals surface area contributed by atoms with Crippen molar-refractivity contribution in [2.45, 2.75) is 57.6 Å². The smallest absolute Gasteiger partial charge is 0.230 e. The molecule has 6 heteroatoms. The highest BCUT2D eigenvalue weighted by Gasteiger charge is 2.38. The summed E-state index contributed by atoms with van der Waals surface area (Å²) >= 11 is 0. The van der Waals surface area contributed by atoms with E-state index in [1.54, 1.807) is 12.1 Å². The molecule has 3 N–H and O–H groups in total. The molecule has 192 valence electrons. The largest absolute Gasteiger partial charge is 0.396 e. The van der Waals surface area contributed by atoms with E-state index < -0.39 is 6.10 Å². The van der Waals surface area contributed by atoms with Gasteiger partial charge in [-0.1, -0.05) is 55.5 Å². The molecule has 0 spiro atoms. The number of β-lactam (4-membered cyclic amide) rings is 1. The molecule has 2 atom stereocenters. The molecule has 1 aliphatic heterocycles. The van der Waals surface area contributed by atoms with E-state index >= 15 is 0 Å². The molecule has 0 bridgehead atoms. The average Bonchev–Trinajstić information content (AvgIpc) is 2.91. The van der Waals surface area contributed by atoms with Gasteiger partial charge in [0.2, 0.25) is 5.91 Å². The van der Waals surface area contributed by atoms with Crippen molar-refractivity contribution < 1.29 is 24.5 Å². The Labute approximate surface area is 212 Å². The molecule has 3 aromatic carbocycles. The number of amides is 1. The summed E-state index contributed by atoms with van der Waals surface area (Å²) in [7, 11) is 0. The molecule has 1 saturated heterocycles. The third-order valence-corrected chi connectivity index (χ3v) is 6.42. The lowest BCUT2D eigenvalue weighted by Crippen LogP contribution is -2.46. The molecule has 0 saturated carbocycles. The quantitative estimate of drug-likeness (QED) is 0.336. The van der Waals surface area contributed by atoms with Gasteiger partial charge in [0.15, 0.2) is 0 Å². The topological polar surface area (TPSA) is 81.0 Å². The van der Waals surface area contributed by atoms with Gasteiger partial charge < -0.3 is 20.2 Å². The fraction of sp³-hybridized carbons (Fsp3) is 0.367. The first-order chi connectivity index (χ1) is 17.5. The van der Waals surface area contributed by atoms with E-state index in [2.05, 4.69) is 24.3 Å². The summed E-state index contributed by atoms with van der Waals surface area (Å²) in [5.41, 5.74) is 5.24. The second-order valence-corrected chi connectivity index (χ2v) is 9.02. The number of rotatable bonds is 10. The van der Waals surface area contributed by atoms with Crippen LogP contribution in [0.3, 0.4) is 0 Å². The molecule has 0 radical (unpaired) electrons. The van der Waals surface area contributed by atoms with Gasteiger partial charge in [-0.15, -0.1) is 0 Å². The summed E-state index contributed by atoms with van der Waals surface area (Å²) in [6.07, 6.45) is 4.00. The molecule has 0 aliphatic carbocycles. The molecule has 0 aromatic heterocycles. The maximum absolute atomic E-state index is 12.4. The van der Waals surface area contributed by atoms with Gasteiger partial charge in [0.05, 0.1) is 18.6 Å². The van der Waals surface area contributed by atoms with Crippen LogP contribution in [-0.2, 0) is 17.6 Å². The zero-order valence-corrected chi connectivity index (χ0v) is 20.8. The predicted molar refractivity (Wildman–Crippen MR) is 140 cm³/mol. The maximum Gasteiger partial charge on any atom is 0.230 e. The molecule has 1 heterocycles. The van der Waals surface area contributed by atoms with Gasteiger partial charge in [-0.2, -0.15) is 0 Å². The Bertz CT molecular complexity index is 1070. The Hall–Kier alpha value is -3.06. The highest BCUT2D eigenvalue weighted by molar-refractivity contribution is 6.01. The van der Waals surface area contributed by atoms with Crippen molar-refractivity contribution in [3.8, 4) is 0 Å². The Kier molecular flexibility index (Phi) is 10.6. The molecule has 36 heavy (non-hydrogen) atoms. The van der Waals surface area contributed by atoms with Crippen molar-refractivity contribution >= 4 is 11.6 Å². The lowest BCUT2D eigenvalue weighted by atomic mass is 9.91. The van der Waals surface area contributed by atoms with Crippen LogP contribution >= 0.6 is 0 Å². The third kappa shape index (κ3) is 7.47. The third-order valence-electron chi connectivity index (χ3n) is 6.42. The zero-order chi connectivity index (χ0) is 25.9. The van der Waals surface area contributed by atoms with Crippen LogP contribution in [0.15, 0.2) is 72.8 Å². The second kappa shape index (κ2) is 13.9. The van der Waals surface area contributed by atoms with Gasteiger partial charge in [-0.3, -0.25) is 4.79 Å². The van der Waals surface area contributed by atoms with Crippen molar-refractivity contribution in [2.75, 3.05) is 18.1 Å². The number of carbonyl (C=O) groups is 1. The van der Waals surface area contributed by atoms with E-state index in [1.807, 2.05) is 36.1 Å². The Morgan fingerprint density at radius 2 is 1.39 bits per heavy atom. The van der Waals surface area contributed by atoms with Crippen molar-refractivity contribution in [3.05, 3.63) is 101 Å². The highest BCUT2D eigenvalue weighted by Crippen LogP contribution is 2.39. The standard InChI is InChI=1S/C21H25NO3.C9H11FO/c23-13-1-3-16-5-9-18(10-6-16)20-15-21(25)22(20)19-11-7-17(8-12-19)4-2-14-24;1-2-9(11)7-3-5-8(10)6-4-7/h5-12,20,23-24H,1-4,13-15H2;3-6,9,11H,2H2,1H3. The maximum atomic E-state index is 12.4. The SMILES string of the molecule is CCC(O)c1ccc(F)cc1.O=C1CC(c2ccc(CCCO)cc2)N1c1ccc(CCCO)cc1. The molecule has 5 nitrogen and oxygen atoms in total. The first-order valence-corrected chi connectivity index (χ1v) is 12.6. The molecule has 1 fully saturated rings. The van der Waals surface area contributed by atoms with Crippen molar-refractivity contribution in [1.29, 1.82) is 0 Å². The number of nitrogens with zero attached hydrogens (tertiary/aromatic N) is 1. The molecular weight excluding hydrogens is 457 g/mol. The molecule has 2 unspecified atom stereocenters. The fourth-order valence-corrected chi connectivity index (χ4v) is 4.22. The van der Waals surface area contributed by atoms with Crippen LogP contribution in [0.2, 0.25) is 0 Å². The van der Waals surface area contributed by atoms with Crippen LogP contribution in [0.4, 0.5) is 10.1 Å². The van der Waals surface area contributed by atoms with Gasteiger partial charge in [-0.05, 0) is 78.6 Å². The van der Waals surface area contributed by atoms with Crippen LogP contribution in [0.5, 0.6) is 0 Å². The van der Waals surface area contributed by atoms with E-state index in [0.717, 1.165) is 42.5 Å². The normalized spacial score (nSPS) is 15.6. The molecule has 1 amide bonds. The molecular formula is C30H36FNO4. The van der Waals surface area contributed by atoms with Crippen LogP contribution in [0, 0.1) is 5.82 Å². The minimum absolute atomic E-state index is 0.0997. The summed E-state index contributed by atoms with van der Waals surface area (Å²) in [5, 5.41) is 27.1. The minimum Gasteiger partial charge on any atom is -0.396 e. The summed E-state index contributed by atoms with van der Waals surface area (Å²) in [5.74, 6) is -0.116. The monoisotopic (exact) mass is 493 g/mol. The van der Waals surface area contributed by atoms with Gasteiger partial charge in [-0.25, -0.2) is 4.39 Å². The second-order valence-electron chi connectivity index (χ2n) is 9.02. The van der Waals surface area contributed by atoms with Gasteiger partial charge in [0, 0.05) is 18.9 Å². The summed E-state index contributed by atoms with van der Waals surface area (Å²) in [6.45, 7) is 2.29. The summed E-state index contributed by atoms with van der Waals surface area (Å²) in [6, 6.07) is 22.4. The van der Waals surface area contributed by atoms with E-state index in [9.17, 15) is 14.3 Å². The fourth-order valence-electron chi connectivity index (χ4n) is 4.22. The van der Waals surface area contributed by atoms with E-state index in [4.69, 9.17) is 10.2 Å². The number of anilines is 1. The lowest BCUT2D eigenvalue weighted by Gasteiger charge is -2.41. The van der Waals surface area contributed by atoms with Crippen molar-refractivity contribution in [2.24, 2.45) is 0 Å². The van der Waals surface area contributed by atoms with E-state index in [0.29, 0.717) is 12.8 Å². The van der Waals surface area contributed by atoms with Crippen LogP contribution < -0.4 is 4.90 Å². The molecule has 1 aliphatic rings. The number of aliphatic hydroxyl groups is 3. The highest BCUT2D eigenvalue weighted by atomic mass is 19.1. The van der Waals surface area contributed by atoms with E-state index in [1.165, 1.54) is 23.3 Å². The summed E-state index contributed by atoms with van der Waals surface area (Å²) in [4.78, 5) is 14.0. The number of aryl methyl sites for hydroxylation is 2. The van der Waals surface area contributed by atoms with Crippen molar-refractivity contribution in [3.63, 3.8) is 0 Å². The number of aliphatic hydroxyl groups excluding tert-OH is 3. The van der Waals surface area contributed by atoms with E-state index in [-0.39, 0.29) is 31.0 Å². The minimum atomic E-state index is -0.462. The summed E-state index contributed by atoms with van der Waals surface area (Å²) < 4.78 is 12.4. The van der Waals surface area contributed by atoms with Gasteiger partial charge in [0.25, 0.3) is 0 Å². The predicted octanol–water partition coefficient (Wildman–Crippen LogP) is 5.28. The van der Waals surface area contributed by atoms with Crippen LogP contribution in [-0.4, -0.2) is 34.4 Å². The average molecular weight is 494 g/mol. The number of halogens is 1. The lowest BCUT2D eigenvalue weighted by molar-refractivity contribution is -0.124. The van der Waals surface area contributed by atoms with Crippen LogP contribution in [0.25, 0.3) is 0 Å². The first kappa shape index (κ1) is 27.5. The number of hydrogen-bond acceptors (Lipinski definition) is 4. The zero-order valence-electron chi connectivity index (χ0n) is 20.8. The number of hydrogen-bond donors (Lipinski definition) is 3. The first-order valence-electron chi connectivity index (χ1n) is 12.6. The van der Waals surface area contributed by atoms with Crippen molar-refractivity contribution in [1.82, 2.24) is 0 Å². The van der Waals surface area contributed by atoms with Crippen LogP contribution in [0.1, 0.15) is 67.0 Å². The molecule has 4 rings (SSSR count).